The molecular weight excluding hydrogens is 678 g/mol. The lowest BCUT2D eigenvalue weighted by atomic mass is 10.1. The van der Waals surface area contributed by atoms with Gasteiger partial charge in [-0.15, -0.1) is 0 Å². The summed E-state index contributed by atoms with van der Waals surface area (Å²) < 4.78 is 47.0. The minimum atomic E-state index is -4.80. The van der Waals surface area contributed by atoms with Crippen molar-refractivity contribution in [1.82, 2.24) is 14.5 Å². The van der Waals surface area contributed by atoms with Crippen LogP contribution in [-0.2, 0) is 24.1 Å². The third-order valence-corrected chi connectivity index (χ3v) is 7.18. The van der Waals surface area contributed by atoms with Crippen molar-refractivity contribution < 1.29 is 27.8 Å². The molecule has 214 valence electrons. The number of para-hydroxylation sites is 1. The van der Waals surface area contributed by atoms with Gasteiger partial charge in [0.2, 0.25) is 0 Å². The molecule has 0 amide bonds. The minimum absolute atomic E-state index is 0.0988. The van der Waals surface area contributed by atoms with Crippen molar-refractivity contribution in [1.29, 1.82) is 0 Å². The van der Waals surface area contributed by atoms with E-state index in [9.17, 15) is 27.9 Å². The lowest BCUT2D eigenvalue weighted by molar-refractivity contribution is -0.139. The molecule has 3 N–H and O–H groups in total. The number of carboxylic acid groups (broad SMARTS) is 1. The zero-order chi connectivity index (χ0) is 29.9. The second-order valence-corrected chi connectivity index (χ2v) is 9.96. The number of fused-ring (bicyclic) bond motifs is 1. The summed E-state index contributed by atoms with van der Waals surface area (Å²) in [5, 5.41) is 11.4. The van der Waals surface area contributed by atoms with Gasteiger partial charge in [-0.2, -0.15) is 13.2 Å². The normalized spacial score (nSPS) is 12.0. The fourth-order valence-electron chi connectivity index (χ4n) is 4.03. The molecule has 0 aliphatic carbocycles. The van der Waals surface area contributed by atoms with Crippen molar-refractivity contribution in [2.45, 2.75) is 26.3 Å². The van der Waals surface area contributed by atoms with Crippen molar-refractivity contribution in [3.63, 3.8) is 0 Å². The van der Waals surface area contributed by atoms with Crippen LogP contribution in [0.5, 0.6) is 5.75 Å². The van der Waals surface area contributed by atoms with Crippen LogP contribution in [0.4, 0.5) is 18.9 Å². The van der Waals surface area contributed by atoms with Crippen LogP contribution < -0.4 is 21.1 Å². The number of aryl methyl sites for hydroxylation is 1. The molecule has 0 bridgehead atoms. The molecule has 0 saturated heterocycles. The third kappa shape index (κ3) is 6.80. The summed E-state index contributed by atoms with van der Waals surface area (Å²) in [7, 11) is 0. The lowest BCUT2D eigenvalue weighted by Gasteiger charge is -2.19. The van der Waals surface area contributed by atoms with E-state index in [-0.39, 0.29) is 33.9 Å². The molecule has 0 spiro atoms. The van der Waals surface area contributed by atoms with Gasteiger partial charge in [0.15, 0.2) is 0 Å². The highest BCUT2D eigenvalue weighted by atomic mass is 127. The fraction of sp³-hybridized carbons (Fsp3) is 0.185. The molecule has 0 aliphatic heterocycles. The number of carbonyl (C=O) groups is 1. The summed E-state index contributed by atoms with van der Waals surface area (Å²) in [6.45, 7) is 1.34. The standard InChI is InChI=1S/C27H22ClF3IN5O4/c1-15-10-22(37(33)12-16(11-32)26(39)40)17-4-2-6-23(24(17)35-15)41-14-18-20(28)7-8-34-21(18)13-36-9-3-5-19(25(36)38)27(29,30)31/h2-10,12H,11,13-14,33H2,1H3,(H,39,40)/b16-12+. The number of pyridine rings is 3. The quantitative estimate of drug-likeness (QED) is 0.0774. The minimum Gasteiger partial charge on any atom is -0.486 e. The largest absolute Gasteiger partial charge is 0.486 e. The predicted octanol–water partition coefficient (Wildman–Crippen LogP) is 5.48. The van der Waals surface area contributed by atoms with Gasteiger partial charge in [0.1, 0.15) is 23.4 Å². The number of nitrogens with zero attached hydrogens (tertiary/aromatic N) is 4. The molecule has 4 aromatic rings. The maximum atomic E-state index is 13.3. The van der Waals surface area contributed by atoms with Crippen molar-refractivity contribution in [3.05, 3.63) is 105 Å². The highest BCUT2D eigenvalue weighted by Crippen LogP contribution is 2.33. The second kappa shape index (κ2) is 12.4. The summed E-state index contributed by atoms with van der Waals surface area (Å²) in [4.78, 5) is 32.8. The number of ether oxygens (including phenoxy) is 1. The van der Waals surface area contributed by atoms with Crippen LogP contribution in [0.15, 0.2) is 71.4 Å². The first-order chi connectivity index (χ1) is 19.4. The van der Waals surface area contributed by atoms with Gasteiger partial charge in [-0.25, -0.2) is 15.6 Å². The molecule has 3 aromatic heterocycles. The fourth-order valence-corrected chi connectivity index (χ4v) is 4.77. The van der Waals surface area contributed by atoms with E-state index in [4.69, 9.17) is 22.2 Å². The molecule has 3 heterocycles. The monoisotopic (exact) mass is 699 g/mol. The molecule has 41 heavy (non-hydrogen) atoms. The number of aromatic nitrogens is 3. The number of carboxylic acids is 1. The molecular formula is C27H22ClF3IN5O4. The summed E-state index contributed by atoms with van der Waals surface area (Å²) >= 11 is 8.36. The Bertz CT molecular complexity index is 1710. The molecule has 14 heteroatoms. The van der Waals surface area contributed by atoms with Crippen molar-refractivity contribution in [2.75, 3.05) is 9.44 Å². The highest BCUT2D eigenvalue weighted by Gasteiger charge is 2.34. The Morgan fingerprint density at radius 2 is 2.02 bits per heavy atom. The van der Waals surface area contributed by atoms with Crippen molar-refractivity contribution in [3.8, 4) is 5.75 Å². The zero-order valence-electron chi connectivity index (χ0n) is 21.3. The van der Waals surface area contributed by atoms with Crippen LogP contribution in [0.3, 0.4) is 0 Å². The topological polar surface area (TPSA) is 124 Å². The second-order valence-electron chi connectivity index (χ2n) is 8.79. The number of hydrazine groups is 1. The molecule has 0 fully saturated rings. The van der Waals surface area contributed by atoms with E-state index in [1.807, 2.05) is 22.6 Å². The average molecular weight is 700 g/mol. The number of hydrogen-bond acceptors (Lipinski definition) is 7. The van der Waals surface area contributed by atoms with Gasteiger partial charge in [-0.05, 0) is 37.3 Å². The maximum Gasteiger partial charge on any atom is 0.421 e. The van der Waals surface area contributed by atoms with E-state index in [0.29, 0.717) is 33.6 Å². The van der Waals surface area contributed by atoms with E-state index in [0.717, 1.165) is 16.7 Å². The van der Waals surface area contributed by atoms with E-state index in [1.165, 1.54) is 29.7 Å². The number of hydrogen-bond donors (Lipinski definition) is 2. The molecule has 0 atom stereocenters. The van der Waals surface area contributed by atoms with Crippen LogP contribution in [0.1, 0.15) is 22.5 Å². The van der Waals surface area contributed by atoms with Crippen molar-refractivity contribution >= 4 is 56.8 Å². The van der Waals surface area contributed by atoms with Gasteiger partial charge in [0.25, 0.3) is 5.56 Å². The van der Waals surface area contributed by atoms with Crippen LogP contribution in [0.2, 0.25) is 5.02 Å². The number of rotatable bonds is 9. The van der Waals surface area contributed by atoms with Gasteiger partial charge in [-0.3, -0.25) is 14.8 Å². The van der Waals surface area contributed by atoms with Gasteiger partial charge < -0.3 is 14.4 Å². The van der Waals surface area contributed by atoms with Crippen molar-refractivity contribution in [2.24, 2.45) is 5.84 Å². The van der Waals surface area contributed by atoms with Gasteiger partial charge in [0.05, 0.1) is 28.5 Å². The first-order valence-electron chi connectivity index (χ1n) is 11.9. The van der Waals surface area contributed by atoms with E-state index in [1.54, 1.807) is 31.2 Å². The van der Waals surface area contributed by atoms with Gasteiger partial charge in [0, 0.05) is 39.7 Å². The molecule has 4 rings (SSSR count). The molecule has 0 unspecified atom stereocenters. The first kappa shape index (κ1) is 30.3. The molecule has 1 aromatic carbocycles. The Labute approximate surface area is 250 Å². The highest BCUT2D eigenvalue weighted by molar-refractivity contribution is 14.1. The Morgan fingerprint density at radius 1 is 1.27 bits per heavy atom. The summed E-state index contributed by atoms with van der Waals surface area (Å²) in [6, 6.07) is 10.2. The number of aliphatic carboxylic acids is 1. The number of benzene rings is 1. The van der Waals surface area contributed by atoms with Crippen LogP contribution >= 0.6 is 34.2 Å². The Hall–Kier alpha value is -3.69. The Morgan fingerprint density at radius 3 is 2.71 bits per heavy atom. The number of alkyl halides is 4. The molecule has 9 nitrogen and oxygen atoms in total. The zero-order valence-corrected chi connectivity index (χ0v) is 24.2. The Kier molecular flexibility index (Phi) is 9.19. The molecule has 0 radical (unpaired) electrons. The number of anilines is 1. The van der Waals surface area contributed by atoms with E-state index >= 15 is 0 Å². The number of halogens is 5. The van der Waals surface area contributed by atoms with Crippen LogP contribution in [0, 0.1) is 6.92 Å². The van der Waals surface area contributed by atoms with Crippen LogP contribution in [-0.4, -0.2) is 30.0 Å². The summed E-state index contributed by atoms with van der Waals surface area (Å²) in [5.41, 5.74) is -0.250. The summed E-state index contributed by atoms with van der Waals surface area (Å²) in [6.07, 6.45) is -0.843. The summed E-state index contributed by atoms with van der Waals surface area (Å²) in [5.74, 6) is 5.47. The van der Waals surface area contributed by atoms with E-state index in [2.05, 4.69) is 9.97 Å². The maximum absolute atomic E-state index is 13.3. The number of nitrogens with two attached hydrogens (primary N) is 1. The Balaban J connectivity index is 1.69. The first-order valence-corrected chi connectivity index (χ1v) is 13.8. The van der Waals surface area contributed by atoms with E-state index < -0.39 is 23.3 Å². The molecule has 0 saturated carbocycles. The van der Waals surface area contributed by atoms with Gasteiger partial charge >= 0.3 is 12.1 Å². The molecule has 0 aliphatic rings. The third-order valence-electron chi connectivity index (χ3n) is 6.01. The smallest absolute Gasteiger partial charge is 0.421 e. The lowest BCUT2D eigenvalue weighted by Crippen LogP contribution is -2.28. The SMILES string of the molecule is Cc1cc(N(N)/C=C(\CI)C(=O)O)c2cccc(OCc3c(Cl)ccnc3Cn3cccc(C(F)(F)F)c3=O)c2n1. The van der Waals surface area contributed by atoms with Gasteiger partial charge in [-0.1, -0.05) is 46.3 Å². The van der Waals surface area contributed by atoms with Crippen LogP contribution in [0.25, 0.3) is 10.9 Å². The average Bonchev–Trinajstić information content (AvgIpc) is 2.91. The predicted molar refractivity (Wildman–Crippen MR) is 156 cm³/mol.